The molecule has 3 rings (SSSR count). The summed E-state index contributed by atoms with van der Waals surface area (Å²) in [4.78, 5) is 22.7. The molecule has 1 aliphatic rings. The lowest BCUT2D eigenvalue weighted by molar-refractivity contribution is -0.132. The molecule has 0 N–H and O–H groups in total. The molecule has 6 heteroatoms. The van der Waals surface area contributed by atoms with Gasteiger partial charge in [-0.05, 0) is 43.4 Å². The first kappa shape index (κ1) is 19.6. The molecule has 0 radical (unpaired) electrons. The molecule has 1 aliphatic carbocycles. The zero-order chi connectivity index (χ0) is 20.1. The van der Waals surface area contributed by atoms with Crippen LogP contribution in [-0.4, -0.2) is 31.6 Å². The number of oxime groups is 2. The van der Waals surface area contributed by atoms with Crippen molar-refractivity contribution in [2.24, 2.45) is 10.3 Å². The fourth-order valence-electron chi connectivity index (χ4n) is 3.45. The summed E-state index contributed by atoms with van der Waals surface area (Å²) < 4.78 is 4.83. The summed E-state index contributed by atoms with van der Waals surface area (Å²) in [6.07, 6.45) is 1.84. The fraction of sp³-hybridized carbons (Fsp3) is 0.318. The quantitative estimate of drug-likeness (QED) is 0.435. The third kappa shape index (κ3) is 3.91. The molecule has 146 valence electrons. The lowest BCUT2D eigenvalue weighted by atomic mass is 9.99. The van der Waals surface area contributed by atoms with E-state index in [1.807, 2.05) is 25.1 Å². The van der Waals surface area contributed by atoms with Gasteiger partial charge < -0.3 is 14.4 Å². The molecule has 2 aromatic carbocycles. The summed E-state index contributed by atoms with van der Waals surface area (Å²) in [5.74, 6) is -0.569. The normalized spacial score (nSPS) is 14.7. The number of rotatable bonds is 6. The molecule has 0 unspecified atom stereocenters. The van der Waals surface area contributed by atoms with Crippen LogP contribution >= 0.6 is 0 Å². The predicted octanol–water partition coefficient (Wildman–Crippen LogP) is 3.69. The SMILES string of the molecule is CO/N=C(/C(=O)OC)c1cccc(C)c1CO/N=C1\CCc2c(C)cccc21. The van der Waals surface area contributed by atoms with Crippen molar-refractivity contribution in [2.75, 3.05) is 14.2 Å². The zero-order valence-electron chi connectivity index (χ0n) is 16.6. The third-order valence-electron chi connectivity index (χ3n) is 4.94. The maximum absolute atomic E-state index is 12.1. The van der Waals surface area contributed by atoms with E-state index in [9.17, 15) is 4.79 Å². The Hall–Kier alpha value is -3.15. The van der Waals surface area contributed by atoms with Gasteiger partial charge in [0.1, 0.15) is 13.7 Å². The molecular formula is C22H24N2O4. The Kier molecular flexibility index (Phi) is 6.09. The summed E-state index contributed by atoms with van der Waals surface area (Å²) in [5.41, 5.74) is 7.21. The van der Waals surface area contributed by atoms with Crippen molar-refractivity contribution in [3.63, 3.8) is 0 Å². The minimum absolute atomic E-state index is 0.0989. The van der Waals surface area contributed by atoms with Gasteiger partial charge in [-0.15, -0.1) is 0 Å². The van der Waals surface area contributed by atoms with Crippen molar-refractivity contribution in [2.45, 2.75) is 33.3 Å². The van der Waals surface area contributed by atoms with Crippen LogP contribution in [0.4, 0.5) is 0 Å². The number of esters is 1. The molecule has 0 atom stereocenters. The smallest absolute Gasteiger partial charge is 0.360 e. The monoisotopic (exact) mass is 380 g/mol. The molecule has 0 aliphatic heterocycles. The molecule has 0 aromatic heterocycles. The standard InChI is InChI=1S/C22H24N2O4/c1-14-7-5-9-17-16(14)11-12-20(17)23-28-13-19-15(2)8-6-10-18(19)21(24-27-4)22(25)26-3/h5-10H,11-13H2,1-4H3/b23-20+,24-21+. The highest BCUT2D eigenvalue weighted by Crippen LogP contribution is 2.26. The lowest BCUT2D eigenvalue weighted by Gasteiger charge is -2.12. The van der Waals surface area contributed by atoms with E-state index in [1.54, 1.807) is 6.07 Å². The van der Waals surface area contributed by atoms with Crippen LogP contribution in [0.15, 0.2) is 46.7 Å². The molecule has 2 aromatic rings. The van der Waals surface area contributed by atoms with Crippen LogP contribution in [0.25, 0.3) is 0 Å². The Morgan fingerprint density at radius 3 is 2.54 bits per heavy atom. The number of carbonyl (C=O) groups is 1. The average molecular weight is 380 g/mol. The maximum Gasteiger partial charge on any atom is 0.360 e. The van der Waals surface area contributed by atoms with Crippen molar-refractivity contribution in [1.82, 2.24) is 0 Å². The van der Waals surface area contributed by atoms with Crippen LogP contribution < -0.4 is 0 Å². The van der Waals surface area contributed by atoms with Crippen LogP contribution in [0.3, 0.4) is 0 Å². The highest BCUT2D eigenvalue weighted by atomic mass is 16.6. The van der Waals surface area contributed by atoms with Gasteiger partial charge in [0.25, 0.3) is 0 Å². The number of fused-ring (bicyclic) bond motifs is 1. The van der Waals surface area contributed by atoms with E-state index in [0.29, 0.717) is 5.56 Å². The highest BCUT2D eigenvalue weighted by Gasteiger charge is 2.22. The molecule has 0 heterocycles. The van der Waals surface area contributed by atoms with Crippen molar-refractivity contribution >= 4 is 17.4 Å². The summed E-state index contributed by atoms with van der Waals surface area (Å²) in [7, 11) is 2.70. The number of hydrogen-bond donors (Lipinski definition) is 0. The number of aryl methyl sites for hydroxylation is 2. The number of methoxy groups -OCH3 is 1. The molecule has 28 heavy (non-hydrogen) atoms. The maximum atomic E-state index is 12.1. The summed E-state index contributed by atoms with van der Waals surface area (Å²) in [6.45, 7) is 4.28. The molecular weight excluding hydrogens is 356 g/mol. The van der Waals surface area contributed by atoms with Crippen molar-refractivity contribution in [3.05, 3.63) is 69.8 Å². The van der Waals surface area contributed by atoms with Crippen molar-refractivity contribution in [3.8, 4) is 0 Å². The number of hydrogen-bond acceptors (Lipinski definition) is 6. The van der Waals surface area contributed by atoms with E-state index in [4.69, 9.17) is 14.4 Å². The number of nitrogens with zero attached hydrogens (tertiary/aromatic N) is 2. The van der Waals surface area contributed by atoms with E-state index in [-0.39, 0.29) is 12.3 Å². The van der Waals surface area contributed by atoms with Crippen LogP contribution in [-0.2, 0) is 32.2 Å². The van der Waals surface area contributed by atoms with Gasteiger partial charge in [-0.3, -0.25) is 0 Å². The predicted molar refractivity (Wildman–Crippen MR) is 108 cm³/mol. The minimum atomic E-state index is -0.569. The Morgan fingerprint density at radius 2 is 1.79 bits per heavy atom. The number of benzene rings is 2. The molecule has 0 spiro atoms. The van der Waals surface area contributed by atoms with Crippen LogP contribution in [0.1, 0.15) is 39.8 Å². The first-order chi connectivity index (χ1) is 13.6. The molecule has 6 nitrogen and oxygen atoms in total. The Labute approximate surface area is 164 Å². The second-order valence-electron chi connectivity index (χ2n) is 6.63. The third-order valence-corrected chi connectivity index (χ3v) is 4.94. The van der Waals surface area contributed by atoms with Gasteiger partial charge in [0.2, 0.25) is 0 Å². The van der Waals surface area contributed by atoms with E-state index in [0.717, 1.165) is 35.2 Å². The van der Waals surface area contributed by atoms with Gasteiger partial charge in [0.15, 0.2) is 5.71 Å². The van der Waals surface area contributed by atoms with Crippen LogP contribution in [0.2, 0.25) is 0 Å². The molecule has 0 saturated carbocycles. The Morgan fingerprint density at radius 1 is 1.04 bits per heavy atom. The van der Waals surface area contributed by atoms with Gasteiger partial charge >= 0.3 is 5.97 Å². The van der Waals surface area contributed by atoms with Gasteiger partial charge in [-0.1, -0.05) is 46.7 Å². The first-order valence-electron chi connectivity index (χ1n) is 9.12. The van der Waals surface area contributed by atoms with E-state index in [2.05, 4.69) is 29.4 Å². The summed E-state index contributed by atoms with van der Waals surface area (Å²) in [6, 6.07) is 11.8. The Bertz CT molecular complexity index is 948. The van der Waals surface area contributed by atoms with Gasteiger partial charge in [0.05, 0.1) is 12.8 Å². The molecule has 0 fully saturated rings. The molecule has 0 bridgehead atoms. The second kappa shape index (κ2) is 8.69. The Balaban J connectivity index is 1.86. The number of carbonyl (C=O) groups excluding carboxylic acids is 1. The van der Waals surface area contributed by atoms with E-state index < -0.39 is 5.97 Å². The average Bonchev–Trinajstić information content (AvgIpc) is 3.11. The minimum Gasteiger partial charge on any atom is -0.464 e. The molecule has 0 amide bonds. The van der Waals surface area contributed by atoms with E-state index >= 15 is 0 Å². The van der Waals surface area contributed by atoms with Crippen LogP contribution in [0.5, 0.6) is 0 Å². The van der Waals surface area contributed by atoms with Crippen molar-refractivity contribution in [1.29, 1.82) is 0 Å². The van der Waals surface area contributed by atoms with Crippen molar-refractivity contribution < 1.29 is 19.2 Å². The molecule has 0 saturated heterocycles. The second-order valence-corrected chi connectivity index (χ2v) is 6.63. The topological polar surface area (TPSA) is 69.5 Å². The van der Waals surface area contributed by atoms with Crippen LogP contribution in [0, 0.1) is 13.8 Å². The van der Waals surface area contributed by atoms with Gasteiger partial charge in [-0.2, -0.15) is 0 Å². The highest BCUT2D eigenvalue weighted by molar-refractivity contribution is 6.43. The van der Waals surface area contributed by atoms with E-state index in [1.165, 1.54) is 25.3 Å². The van der Waals surface area contributed by atoms with Gasteiger partial charge in [0, 0.05) is 16.7 Å². The summed E-state index contributed by atoms with van der Waals surface area (Å²) in [5, 5.41) is 8.23. The zero-order valence-corrected chi connectivity index (χ0v) is 16.6. The largest absolute Gasteiger partial charge is 0.464 e. The first-order valence-corrected chi connectivity index (χ1v) is 9.12. The summed E-state index contributed by atoms with van der Waals surface area (Å²) >= 11 is 0. The fourth-order valence-corrected chi connectivity index (χ4v) is 3.45. The van der Waals surface area contributed by atoms with Gasteiger partial charge in [-0.25, -0.2) is 4.79 Å². The number of ether oxygens (including phenoxy) is 1. The lowest BCUT2D eigenvalue weighted by Crippen LogP contribution is -2.20.